The summed E-state index contributed by atoms with van der Waals surface area (Å²) in [6, 6.07) is 0. The van der Waals surface area contributed by atoms with E-state index in [1.807, 2.05) is 0 Å². The number of rotatable bonds is 11. The van der Waals surface area contributed by atoms with Crippen molar-refractivity contribution in [1.82, 2.24) is 24.4 Å². The molecule has 0 saturated carbocycles. The van der Waals surface area contributed by atoms with Gasteiger partial charge in [0.25, 0.3) is 0 Å². The second kappa shape index (κ2) is 12.5. The van der Waals surface area contributed by atoms with Gasteiger partial charge in [-0.2, -0.15) is 4.31 Å². The average molecular weight is 665 g/mol. The van der Waals surface area contributed by atoms with Crippen LogP contribution in [0.4, 0.5) is 5.82 Å². The highest BCUT2D eigenvalue weighted by Crippen LogP contribution is 2.60. The minimum absolute atomic E-state index is 0.0517. The number of anilines is 1. The standard InChI is InChI=1S/C21H29N7O14P2/c22-17-12-19(25-7-24-17)28(8-26-12)21-16(32)14(30)11(41-21)6-39-44(36,37)42-43(34,35)38-5-10-13(29)15(31)20(40-10)27-3-1-2-9(4-27)18(23)33/h1,3-4,7-8,10-11,13-16,20-21,29-32H,2,5-6H2,(H2,23,33)(H,34,35)(H,36,37)(H2,22,24,25)/t10-,11-,13-,14-,15-,16-,20-,21-/m0/s1. The highest BCUT2D eigenvalue weighted by Gasteiger charge is 2.48. The Balaban J connectivity index is 1.15. The fraction of sp³-hybridized carbons (Fsp3) is 0.524. The SMILES string of the molecule is NC(=O)C1=CN([C@H]2O[C@@H](COP(=O)(O)OP(=O)(O)OC[C@@H]3O[C@H](n4cnc5c(N)ncnc54)[C@@H](O)[C@H]3O)[C@H](O)[C@@H]2O)C=CC1. The zero-order valence-corrected chi connectivity index (χ0v) is 24.2. The molecule has 2 aromatic heterocycles. The van der Waals surface area contributed by atoms with E-state index in [1.165, 1.54) is 28.2 Å². The molecule has 5 rings (SSSR count). The Hall–Kier alpha value is -2.88. The van der Waals surface area contributed by atoms with Crippen LogP contribution in [-0.2, 0) is 36.8 Å². The Morgan fingerprint density at radius 3 is 2.16 bits per heavy atom. The molecule has 2 unspecified atom stereocenters. The summed E-state index contributed by atoms with van der Waals surface area (Å²) in [4.78, 5) is 44.6. The van der Waals surface area contributed by atoms with Gasteiger partial charge in [-0.15, -0.1) is 0 Å². The summed E-state index contributed by atoms with van der Waals surface area (Å²) < 4.78 is 50.8. The van der Waals surface area contributed by atoms with Crippen molar-refractivity contribution in [3.8, 4) is 0 Å². The first kappa shape index (κ1) is 32.5. The van der Waals surface area contributed by atoms with Gasteiger partial charge in [-0.05, 0) is 6.42 Å². The third kappa shape index (κ3) is 6.70. The number of nitrogens with zero attached hydrogens (tertiary/aromatic N) is 5. The van der Waals surface area contributed by atoms with E-state index in [2.05, 4.69) is 19.3 Å². The number of imidazole rings is 1. The van der Waals surface area contributed by atoms with Gasteiger partial charge in [0.15, 0.2) is 23.9 Å². The number of carbonyl (C=O) groups is 1. The molecule has 242 valence electrons. The fourth-order valence-corrected chi connectivity index (χ4v) is 6.77. The first-order valence-corrected chi connectivity index (χ1v) is 15.7. The van der Waals surface area contributed by atoms with Crippen molar-refractivity contribution < 1.29 is 67.0 Å². The minimum Gasteiger partial charge on any atom is -0.387 e. The molecule has 2 saturated heterocycles. The number of aliphatic hydroxyl groups is 4. The van der Waals surface area contributed by atoms with Crippen molar-refractivity contribution in [3.63, 3.8) is 0 Å². The smallest absolute Gasteiger partial charge is 0.387 e. The van der Waals surface area contributed by atoms with Crippen molar-refractivity contribution in [2.24, 2.45) is 5.73 Å². The van der Waals surface area contributed by atoms with Gasteiger partial charge in [0.05, 0.1) is 19.5 Å². The average Bonchev–Trinajstić information content (AvgIpc) is 3.61. The van der Waals surface area contributed by atoms with Gasteiger partial charge >= 0.3 is 15.6 Å². The summed E-state index contributed by atoms with van der Waals surface area (Å²) in [5.74, 6) is -0.658. The van der Waals surface area contributed by atoms with Gasteiger partial charge < -0.3 is 56.1 Å². The number of nitrogens with two attached hydrogens (primary N) is 2. The molecule has 23 heteroatoms. The molecule has 0 aliphatic carbocycles. The normalized spacial score (nSPS) is 33.3. The van der Waals surface area contributed by atoms with E-state index in [9.17, 15) is 44.1 Å². The van der Waals surface area contributed by atoms with E-state index >= 15 is 0 Å². The second-order valence-electron chi connectivity index (χ2n) is 9.84. The Kier molecular flexibility index (Phi) is 9.23. The van der Waals surface area contributed by atoms with Crippen LogP contribution >= 0.6 is 15.6 Å². The summed E-state index contributed by atoms with van der Waals surface area (Å²) in [7, 11) is -10.7. The minimum atomic E-state index is -5.37. The summed E-state index contributed by atoms with van der Waals surface area (Å²) >= 11 is 0. The lowest BCUT2D eigenvalue weighted by Gasteiger charge is -2.28. The van der Waals surface area contributed by atoms with Crippen molar-refractivity contribution in [2.75, 3.05) is 18.9 Å². The van der Waals surface area contributed by atoms with Crippen LogP contribution in [0.15, 0.2) is 36.7 Å². The van der Waals surface area contributed by atoms with E-state index in [1.54, 1.807) is 6.08 Å². The first-order chi connectivity index (χ1) is 20.7. The number of amides is 1. The summed E-state index contributed by atoms with van der Waals surface area (Å²) in [5, 5.41) is 41.6. The zero-order valence-electron chi connectivity index (χ0n) is 22.4. The van der Waals surface area contributed by atoms with Crippen LogP contribution < -0.4 is 11.5 Å². The molecule has 0 spiro atoms. The second-order valence-corrected chi connectivity index (χ2v) is 12.9. The Morgan fingerprint density at radius 2 is 1.55 bits per heavy atom. The predicted molar refractivity (Wildman–Crippen MR) is 142 cm³/mol. The van der Waals surface area contributed by atoms with Gasteiger partial charge in [-0.3, -0.25) is 18.4 Å². The van der Waals surface area contributed by atoms with Crippen LogP contribution in [-0.4, -0.2) is 117 Å². The van der Waals surface area contributed by atoms with E-state index in [-0.39, 0.29) is 29.0 Å². The lowest BCUT2D eigenvalue weighted by molar-refractivity contribution is -0.115. The van der Waals surface area contributed by atoms with Gasteiger partial charge in [0.2, 0.25) is 5.91 Å². The van der Waals surface area contributed by atoms with E-state index in [4.69, 9.17) is 30.0 Å². The third-order valence-corrected chi connectivity index (χ3v) is 9.48. The number of hydrogen-bond donors (Lipinski definition) is 8. The lowest BCUT2D eigenvalue weighted by Crippen LogP contribution is -2.40. The van der Waals surface area contributed by atoms with Gasteiger partial charge in [-0.25, -0.2) is 24.1 Å². The number of nitrogen functional groups attached to an aromatic ring is 1. The van der Waals surface area contributed by atoms with Crippen LogP contribution in [0.1, 0.15) is 12.6 Å². The number of carbonyl (C=O) groups excluding carboxylic acids is 1. The van der Waals surface area contributed by atoms with Gasteiger partial charge in [0.1, 0.15) is 48.5 Å². The third-order valence-electron chi connectivity index (χ3n) is 6.88. The molecule has 3 aliphatic heterocycles. The highest BCUT2D eigenvalue weighted by molar-refractivity contribution is 7.61. The van der Waals surface area contributed by atoms with Crippen LogP contribution in [0.25, 0.3) is 11.2 Å². The maximum Gasteiger partial charge on any atom is 0.481 e. The Bertz CT molecular complexity index is 1560. The molecule has 10 N–H and O–H groups in total. The molecule has 0 aromatic carbocycles. The largest absolute Gasteiger partial charge is 0.481 e. The molecule has 44 heavy (non-hydrogen) atoms. The number of ether oxygens (including phenoxy) is 2. The molecule has 2 fully saturated rings. The van der Waals surface area contributed by atoms with E-state index < -0.39 is 83.8 Å². The molecule has 0 radical (unpaired) electrons. The first-order valence-electron chi connectivity index (χ1n) is 12.7. The number of fused-ring (bicyclic) bond motifs is 1. The molecule has 0 bridgehead atoms. The number of phosphoric acid groups is 2. The molecule has 1 amide bonds. The van der Waals surface area contributed by atoms with Crippen LogP contribution in [0, 0.1) is 0 Å². The maximum atomic E-state index is 12.4. The lowest BCUT2D eigenvalue weighted by atomic mass is 10.1. The summed E-state index contributed by atoms with van der Waals surface area (Å²) in [6.45, 7) is -1.79. The van der Waals surface area contributed by atoms with E-state index in [0.29, 0.717) is 0 Å². The van der Waals surface area contributed by atoms with Crippen molar-refractivity contribution in [3.05, 3.63) is 36.7 Å². The van der Waals surface area contributed by atoms with Crippen molar-refractivity contribution in [1.29, 1.82) is 0 Å². The Labute approximate surface area is 247 Å². The number of hydrogen-bond acceptors (Lipinski definition) is 17. The number of aromatic nitrogens is 4. The van der Waals surface area contributed by atoms with Gasteiger partial charge in [0, 0.05) is 18.0 Å². The quantitative estimate of drug-likeness (QED) is 0.113. The topological polar surface area (TPSA) is 318 Å². The molecular formula is C21H29N7O14P2. The van der Waals surface area contributed by atoms with Crippen LogP contribution in [0.3, 0.4) is 0 Å². The molecule has 10 atom stereocenters. The predicted octanol–water partition coefficient (Wildman–Crippen LogP) is -2.69. The Morgan fingerprint density at radius 1 is 0.955 bits per heavy atom. The zero-order chi connectivity index (χ0) is 32.0. The fourth-order valence-electron chi connectivity index (χ4n) is 4.68. The summed E-state index contributed by atoms with van der Waals surface area (Å²) in [6.07, 6.45) is -4.88. The monoisotopic (exact) mass is 665 g/mol. The molecular weight excluding hydrogens is 636 g/mol. The molecule has 5 heterocycles. The molecule has 2 aromatic rings. The highest BCUT2D eigenvalue weighted by atomic mass is 31.3. The molecule has 3 aliphatic rings. The number of phosphoric ester groups is 2. The number of primary amides is 1. The summed E-state index contributed by atoms with van der Waals surface area (Å²) in [5.41, 5.74) is 11.6. The van der Waals surface area contributed by atoms with Gasteiger partial charge in [-0.1, -0.05) is 6.08 Å². The number of allylic oxidation sites excluding steroid dienone is 1. The van der Waals surface area contributed by atoms with Crippen molar-refractivity contribution in [2.45, 2.75) is 55.5 Å². The van der Waals surface area contributed by atoms with Crippen LogP contribution in [0.5, 0.6) is 0 Å². The van der Waals surface area contributed by atoms with E-state index in [0.717, 1.165) is 6.33 Å². The van der Waals surface area contributed by atoms with Crippen molar-refractivity contribution >= 4 is 38.5 Å². The molecule has 21 nitrogen and oxygen atoms in total. The van der Waals surface area contributed by atoms with Crippen LogP contribution in [0.2, 0.25) is 0 Å². The number of aliphatic hydroxyl groups excluding tert-OH is 4. The maximum absolute atomic E-state index is 12.4.